The van der Waals surface area contributed by atoms with Crippen molar-refractivity contribution in [2.75, 3.05) is 53.5 Å². The molecule has 1 aliphatic heterocycles. The van der Waals surface area contributed by atoms with E-state index in [1.54, 1.807) is 42.6 Å². The summed E-state index contributed by atoms with van der Waals surface area (Å²) in [6, 6.07) is 20.7. The molecule has 4 aromatic rings. The normalized spacial score (nSPS) is 13.9. The molecule has 5 rings (SSSR count). The van der Waals surface area contributed by atoms with E-state index in [0.717, 1.165) is 52.7 Å². The van der Waals surface area contributed by atoms with Gasteiger partial charge in [-0.25, -0.2) is 8.42 Å². The number of carbonyl (C=O) groups is 1. The van der Waals surface area contributed by atoms with Crippen LogP contribution in [0.5, 0.6) is 11.5 Å². The lowest BCUT2D eigenvalue weighted by atomic mass is 10.1. The Labute approximate surface area is 264 Å². The molecule has 0 N–H and O–H groups in total. The van der Waals surface area contributed by atoms with Gasteiger partial charge in [0.1, 0.15) is 0 Å². The monoisotopic (exact) mass is 635 g/mol. The highest BCUT2D eigenvalue weighted by molar-refractivity contribution is 7.89. The van der Waals surface area contributed by atoms with Crippen molar-refractivity contribution in [3.05, 3.63) is 88.1 Å². The zero-order valence-corrected chi connectivity index (χ0v) is 27.3. The molecule has 1 aromatic heterocycles. The number of ether oxygens (including phenoxy) is 2. The summed E-state index contributed by atoms with van der Waals surface area (Å²) in [4.78, 5) is 19.4. The highest BCUT2D eigenvalue weighted by Crippen LogP contribution is 2.28. The molecule has 0 atom stereocenters. The molecule has 10 heteroatoms. The lowest BCUT2D eigenvalue weighted by Crippen LogP contribution is -2.45. The number of amides is 1. The first-order valence-electron chi connectivity index (χ1n) is 15.0. The van der Waals surface area contributed by atoms with Gasteiger partial charge in [0.2, 0.25) is 15.9 Å². The molecule has 0 bridgehead atoms. The molecule has 3 aromatic carbocycles. The van der Waals surface area contributed by atoms with Crippen molar-refractivity contribution in [3.63, 3.8) is 0 Å². The third-order valence-corrected chi connectivity index (χ3v) is 11.2. The van der Waals surface area contributed by atoms with Crippen LogP contribution in [0.2, 0.25) is 0 Å². The molecule has 2 heterocycles. The van der Waals surface area contributed by atoms with Crippen molar-refractivity contribution < 1.29 is 22.7 Å². The van der Waals surface area contributed by atoms with Crippen molar-refractivity contribution in [1.82, 2.24) is 14.1 Å². The number of carbonyl (C=O) groups excluding carboxylic acids is 1. The second-order valence-corrected chi connectivity index (χ2v) is 14.1. The van der Waals surface area contributed by atoms with Gasteiger partial charge >= 0.3 is 0 Å². The molecule has 0 spiro atoms. The molecule has 1 fully saturated rings. The van der Waals surface area contributed by atoms with E-state index in [1.807, 2.05) is 66.9 Å². The van der Waals surface area contributed by atoms with Crippen LogP contribution < -0.4 is 9.47 Å². The number of hydrogen-bond donors (Lipinski definition) is 0. The molecule has 1 amide bonds. The lowest BCUT2D eigenvalue weighted by Gasteiger charge is -2.28. The maximum Gasteiger partial charge on any atom is 0.243 e. The second kappa shape index (κ2) is 14.6. The minimum Gasteiger partial charge on any atom is -0.493 e. The fourth-order valence-corrected chi connectivity index (χ4v) is 7.94. The minimum atomic E-state index is -3.94. The summed E-state index contributed by atoms with van der Waals surface area (Å²) in [6.45, 7) is 5.42. The van der Waals surface area contributed by atoms with Gasteiger partial charge in [0.15, 0.2) is 11.5 Å². The summed E-state index contributed by atoms with van der Waals surface area (Å²) >= 11 is 1.61. The maximum atomic E-state index is 14.1. The van der Waals surface area contributed by atoms with Crippen LogP contribution in [-0.2, 0) is 27.8 Å². The first kappa shape index (κ1) is 32.0. The largest absolute Gasteiger partial charge is 0.493 e. The van der Waals surface area contributed by atoms with Gasteiger partial charge in [-0.1, -0.05) is 36.4 Å². The molecule has 44 heavy (non-hydrogen) atoms. The Morgan fingerprint density at radius 1 is 0.909 bits per heavy atom. The molecule has 0 unspecified atom stereocenters. The zero-order chi connectivity index (χ0) is 31.1. The highest BCUT2D eigenvalue weighted by atomic mass is 32.2. The molecule has 8 nitrogen and oxygen atoms in total. The van der Waals surface area contributed by atoms with Crippen LogP contribution >= 0.6 is 11.3 Å². The van der Waals surface area contributed by atoms with Crippen molar-refractivity contribution in [2.45, 2.75) is 37.6 Å². The number of benzene rings is 3. The van der Waals surface area contributed by atoms with E-state index in [-0.39, 0.29) is 23.9 Å². The smallest absolute Gasteiger partial charge is 0.243 e. The molecule has 0 saturated carbocycles. The van der Waals surface area contributed by atoms with Crippen molar-refractivity contribution >= 4 is 38.0 Å². The molecule has 1 saturated heterocycles. The summed E-state index contributed by atoms with van der Waals surface area (Å²) in [5.74, 6) is 1.06. The number of sulfonamides is 1. The van der Waals surface area contributed by atoms with Crippen LogP contribution in [0.15, 0.2) is 77.0 Å². The number of thiophene rings is 1. The van der Waals surface area contributed by atoms with Gasteiger partial charge in [0.05, 0.1) is 32.2 Å². The van der Waals surface area contributed by atoms with Gasteiger partial charge in [0.25, 0.3) is 0 Å². The summed E-state index contributed by atoms with van der Waals surface area (Å²) in [5, 5.41) is 3.84. The molecular weight excluding hydrogens is 595 g/mol. The second-order valence-electron chi connectivity index (χ2n) is 11.2. The lowest BCUT2D eigenvalue weighted by molar-refractivity contribution is -0.132. The van der Waals surface area contributed by atoms with Gasteiger partial charge < -0.3 is 19.3 Å². The number of methoxy groups -OCH3 is 2. The third kappa shape index (κ3) is 7.61. The van der Waals surface area contributed by atoms with Gasteiger partial charge in [-0.3, -0.25) is 4.79 Å². The van der Waals surface area contributed by atoms with E-state index in [1.165, 1.54) is 4.31 Å². The van der Waals surface area contributed by atoms with Crippen LogP contribution in [0, 0.1) is 6.92 Å². The Balaban J connectivity index is 1.40. The third-order valence-electron chi connectivity index (χ3n) is 8.31. The average molecular weight is 636 g/mol. The first-order valence-corrected chi connectivity index (χ1v) is 17.3. The number of rotatable bonds is 14. The molecule has 0 aliphatic carbocycles. The van der Waals surface area contributed by atoms with E-state index in [0.29, 0.717) is 37.6 Å². The molecular formula is C34H41N3O5S2. The number of hydrogen-bond acceptors (Lipinski definition) is 7. The summed E-state index contributed by atoms with van der Waals surface area (Å²) in [6.07, 6.45) is 2.81. The average Bonchev–Trinajstić information content (AvgIpc) is 3.72. The van der Waals surface area contributed by atoms with E-state index in [2.05, 4.69) is 4.90 Å². The number of aryl methyl sites for hydroxylation is 1. The predicted octanol–water partition coefficient (Wildman–Crippen LogP) is 5.58. The Morgan fingerprint density at radius 2 is 1.66 bits per heavy atom. The fraction of sp³-hybridized carbons (Fsp3) is 0.382. The van der Waals surface area contributed by atoms with Crippen LogP contribution in [0.1, 0.15) is 28.8 Å². The first-order chi connectivity index (χ1) is 21.3. The number of likely N-dealkylation sites (tertiary alicyclic amines) is 1. The van der Waals surface area contributed by atoms with E-state index in [4.69, 9.17) is 9.47 Å². The summed E-state index contributed by atoms with van der Waals surface area (Å²) in [7, 11) is -0.735. The van der Waals surface area contributed by atoms with E-state index < -0.39 is 10.0 Å². The SMILES string of the molecule is COc1ccc(CCN(Cc2sccc2C)C(=O)CN(CCN2CCCC2)S(=O)(=O)c2ccc3ccccc3c2)cc1OC. The van der Waals surface area contributed by atoms with Gasteiger partial charge in [0, 0.05) is 24.5 Å². The predicted molar refractivity (Wildman–Crippen MR) is 176 cm³/mol. The quantitative estimate of drug-likeness (QED) is 0.180. The Morgan fingerprint density at radius 3 is 2.36 bits per heavy atom. The number of fused-ring (bicyclic) bond motifs is 1. The van der Waals surface area contributed by atoms with Crippen molar-refractivity contribution in [1.29, 1.82) is 0 Å². The highest BCUT2D eigenvalue weighted by Gasteiger charge is 2.30. The topological polar surface area (TPSA) is 79.4 Å². The Hall–Kier alpha value is -3.44. The summed E-state index contributed by atoms with van der Waals surface area (Å²) in [5.41, 5.74) is 2.12. The van der Waals surface area contributed by atoms with Crippen LogP contribution in [-0.4, -0.2) is 81.9 Å². The number of nitrogens with zero attached hydrogens (tertiary/aromatic N) is 3. The minimum absolute atomic E-state index is 0.205. The standard InChI is InChI=1S/C34H41N3O5S2/c1-26-15-21-43-33(26)24-36(18-14-27-10-13-31(41-2)32(22-27)42-3)34(38)25-37(20-19-35-16-6-7-17-35)44(39,40)30-12-11-28-8-4-5-9-29(28)23-30/h4-5,8-13,15,21-23H,6-7,14,16-20,24-25H2,1-3H3. The van der Waals surface area contributed by atoms with Crippen LogP contribution in [0.4, 0.5) is 0 Å². The van der Waals surface area contributed by atoms with Crippen LogP contribution in [0.3, 0.4) is 0 Å². The maximum absolute atomic E-state index is 14.1. The molecule has 0 radical (unpaired) electrons. The summed E-state index contributed by atoms with van der Waals surface area (Å²) < 4.78 is 40.5. The van der Waals surface area contributed by atoms with Gasteiger partial charge in [-0.2, -0.15) is 4.31 Å². The fourth-order valence-electron chi connectivity index (χ4n) is 5.60. The Bertz CT molecular complexity index is 1680. The molecule has 234 valence electrons. The van der Waals surface area contributed by atoms with E-state index >= 15 is 0 Å². The van der Waals surface area contributed by atoms with Crippen LogP contribution in [0.25, 0.3) is 10.8 Å². The molecule has 1 aliphatic rings. The van der Waals surface area contributed by atoms with Gasteiger partial charge in [-0.05, 0) is 96.9 Å². The van der Waals surface area contributed by atoms with Crippen molar-refractivity contribution in [3.8, 4) is 11.5 Å². The van der Waals surface area contributed by atoms with E-state index in [9.17, 15) is 13.2 Å². The van der Waals surface area contributed by atoms with Gasteiger partial charge in [-0.15, -0.1) is 11.3 Å². The zero-order valence-electron chi connectivity index (χ0n) is 25.7. The Kier molecular flexibility index (Phi) is 10.6. The van der Waals surface area contributed by atoms with Crippen molar-refractivity contribution in [2.24, 2.45) is 0 Å².